The second kappa shape index (κ2) is 6.42. The lowest BCUT2D eigenvalue weighted by Gasteiger charge is -2.34. The molecule has 2 rings (SSSR count). The number of hydrogen-bond acceptors (Lipinski definition) is 6. The molecule has 2 heterocycles. The van der Waals surface area contributed by atoms with Gasteiger partial charge in [0.15, 0.2) is 0 Å². The summed E-state index contributed by atoms with van der Waals surface area (Å²) in [6.45, 7) is 5.55. The zero-order valence-electron chi connectivity index (χ0n) is 10.1. The minimum absolute atomic E-state index is 0.0558. The Morgan fingerprint density at radius 2 is 2.50 bits per heavy atom. The second-order valence-corrected chi connectivity index (χ2v) is 5.68. The monoisotopic (exact) mass is 289 g/mol. The number of rotatable bonds is 4. The molecule has 8 heteroatoms. The van der Waals surface area contributed by atoms with E-state index in [1.54, 1.807) is 0 Å². The van der Waals surface area contributed by atoms with Crippen molar-refractivity contribution in [3.63, 3.8) is 0 Å². The highest BCUT2D eigenvalue weighted by molar-refractivity contribution is 7.15. The molecule has 2 N–H and O–H groups in total. The molecule has 0 aliphatic carbocycles. The number of hydrogen-bond donors (Lipinski definition) is 2. The average Bonchev–Trinajstić information content (AvgIpc) is 2.76. The van der Waals surface area contributed by atoms with Crippen molar-refractivity contribution >= 4 is 28.8 Å². The van der Waals surface area contributed by atoms with Gasteiger partial charge in [0.25, 0.3) is 0 Å². The maximum absolute atomic E-state index is 12.0. The van der Waals surface area contributed by atoms with Crippen molar-refractivity contribution in [2.75, 3.05) is 26.2 Å². The minimum atomic E-state index is -0.152. The first kappa shape index (κ1) is 13.7. The molecule has 1 unspecified atom stereocenters. The smallest absolute Gasteiger partial charge is 0.238 e. The standard InChI is InChI=1S/C10H16ClN5OS/c1-2-13-9(17)7-5-12-3-4-16(7)6-8-14-15-10(11)18-8/h7,12H,2-6H2,1H3,(H,13,17). The molecular weight excluding hydrogens is 274 g/mol. The summed E-state index contributed by atoms with van der Waals surface area (Å²) in [6.07, 6.45) is 0. The summed E-state index contributed by atoms with van der Waals surface area (Å²) in [5.41, 5.74) is 0. The molecule has 1 aromatic rings. The summed E-state index contributed by atoms with van der Waals surface area (Å²) < 4.78 is 0.440. The van der Waals surface area contributed by atoms with Crippen molar-refractivity contribution in [3.05, 3.63) is 9.47 Å². The third-order valence-electron chi connectivity index (χ3n) is 2.79. The average molecular weight is 290 g/mol. The molecule has 1 aliphatic rings. The number of carbonyl (C=O) groups is 1. The normalized spacial score (nSPS) is 20.9. The quantitative estimate of drug-likeness (QED) is 0.823. The number of piperazine rings is 1. The van der Waals surface area contributed by atoms with Crippen LogP contribution in [0.15, 0.2) is 0 Å². The Morgan fingerprint density at radius 1 is 1.67 bits per heavy atom. The molecule has 1 atom stereocenters. The first-order chi connectivity index (χ1) is 8.70. The molecule has 18 heavy (non-hydrogen) atoms. The minimum Gasteiger partial charge on any atom is -0.355 e. The molecule has 0 aromatic carbocycles. The van der Waals surface area contributed by atoms with Gasteiger partial charge < -0.3 is 10.6 Å². The van der Waals surface area contributed by atoms with E-state index in [4.69, 9.17) is 11.6 Å². The zero-order valence-corrected chi connectivity index (χ0v) is 11.7. The third-order valence-corrected chi connectivity index (χ3v) is 3.79. The van der Waals surface area contributed by atoms with Crippen LogP contribution in [0.5, 0.6) is 0 Å². The predicted octanol–water partition coefficient (Wildman–Crippen LogP) is 0.101. The molecule has 6 nitrogen and oxygen atoms in total. The molecule has 1 amide bonds. The van der Waals surface area contributed by atoms with Crippen molar-refractivity contribution in [1.82, 2.24) is 25.7 Å². The van der Waals surface area contributed by atoms with Gasteiger partial charge in [0.1, 0.15) is 11.0 Å². The summed E-state index contributed by atoms with van der Waals surface area (Å²) in [7, 11) is 0. The van der Waals surface area contributed by atoms with E-state index in [1.165, 1.54) is 11.3 Å². The molecule has 1 aromatic heterocycles. The Labute approximate surface area is 115 Å². The Balaban J connectivity index is 2.01. The molecule has 100 valence electrons. The highest BCUT2D eigenvalue weighted by Crippen LogP contribution is 2.18. The van der Waals surface area contributed by atoms with Gasteiger partial charge in [-0.05, 0) is 18.5 Å². The van der Waals surface area contributed by atoms with E-state index in [2.05, 4.69) is 25.7 Å². The van der Waals surface area contributed by atoms with Gasteiger partial charge >= 0.3 is 0 Å². The number of aromatic nitrogens is 2. The first-order valence-corrected chi connectivity index (χ1v) is 7.10. The van der Waals surface area contributed by atoms with Crippen molar-refractivity contribution < 1.29 is 4.79 Å². The van der Waals surface area contributed by atoms with Crippen LogP contribution in [0.3, 0.4) is 0 Å². The molecule has 0 radical (unpaired) electrons. The van der Waals surface area contributed by atoms with Crippen LogP contribution in [0.25, 0.3) is 0 Å². The lowest BCUT2D eigenvalue weighted by Crippen LogP contribution is -2.57. The zero-order chi connectivity index (χ0) is 13.0. The molecule has 0 spiro atoms. The van der Waals surface area contributed by atoms with Crippen LogP contribution in [-0.4, -0.2) is 53.2 Å². The van der Waals surface area contributed by atoms with Crippen LogP contribution in [0.4, 0.5) is 0 Å². The Kier molecular flexibility index (Phi) is 4.87. The van der Waals surface area contributed by atoms with Crippen LogP contribution >= 0.6 is 22.9 Å². The van der Waals surface area contributed by atoms with Crippen LogP contribution in [0, 0.1) is 0 Å². The lowest BCUT2D eigenvalue weighted by molar-refractivity contribution is -0.127. The van der Waals surface area contributed by atoms with Gasteiger partial charge in [-0.15, -0.1) is 10.2 Å². The third kappa shape index (κ3) is 3.38. The van der Waals surface area contributed by atoms with Crippen LogP contribution in [-0.2, 0) is 11.3 Å². The number of nitrogens with zero attached hydrogens (tertiary/aromatic N) is 3. The number of halogens is 1. The Morgan fingerprint density at radius 3 is 3.17 bits per heavy atom. The van der Waals surface area contributed by atoms with Gasteiger partial charge in [0.2, 0.25) is 10.4 Å². The van der Waals surface area contributed by atoms with E-state index in [0.717, 1.165) is 18.1 Å². The van der Waals surface area contributed by atoms with Crippen molar-refractivity contribution in [1.29, 1.82) is 0 Å². The van der Waals surface area contributed by atoms with E-state index in [9.17, 15) is 4.79 Å². The van der Waals surface area contributed by atoms with Crippen molar-refractivity contribution in [2.24, 2.45) is 0 Å². The van der Waals surface area contributed by atoms with Crippen molar-refractivity contribution in [3.8, 4) is 0 Å². The van der Waals surface area contributed by atoms with Crippen LogP contribution < -0.4 is 10.6 Å². The summed E-state index contributed by atoms with van der Waals surface area (Å²) >= 11 is 7.12. The molecule has 1 fully saturated rings. The van der Waals surface area contributed by atoms with Gasteiger partial charge in [-0.1, -0.05) is 11.3 Å². The van der Waals surface area contributed by atoms with Crippen LogP contribution in [0.2, 0.25) is 4.47 Å². The predicted molar refractivity (Wildman–Crippen MR) is 70.7 cm³/mol. The number of likely N-dealkylation sites (N-methyl/N-ethyl adjacent to an activating group) is 1. The highest BCUT2D eigenvalue weighted by Gasteiger charge is 2.28. The van der Waals surface area contributed by atoms with E-state index in [0.29, 0.717) is 24.1 Å². The summed E-state index contributed by atoms with van der Waals surface area (Å²) in [4.78, 5) is 14.1. The maximum atomic E-state index is 12.0. The Hall–Kier alpha value is -0.760. The summed E-state index contributed by atoms with van der Waals surface area (Å²) in [5, 5.41) is 14.7. The van der Waals surface area contributed by atoms with E-state index in [-0.39, 0.29) is 11.9 Å². The fraction of sp³-hybridized carbons (Fsp3) is 0.700. The van der Waals surface area contributed by atoms with Gasteiger partial charge in [0, 0.05) is 26.2 Å². The van der Waals surface area contributed by atoms with Gasteiger partial charge in [-0.25, -0.2) is 0 Å². The molecule has 0 bridgehead atoms. The second-order valence-electron chi connectivity index (χ2n) is 4.03. The number of amides is 1. The number of carbonyl (C=O) groups excluding carboxylic acids is 1. The van der Waals surface area contributed by atoms with E-state index in [1.807, 2.05) is 6.92 Å². The summed E-state index contributed by atoms with van der Waals surface area (Å²) in [5.74, 6) is 0.0558. The topological polar surface area (TPSA) is 70.2 Å². The first-order valence-electron chi connectivity index (χ1n) is 5.91. The maximum Gasteiger partial charge on any atom is 0.238 e. The molecular formula is C10H16ClN5OS. The lowest BCUT2D eigenvalue weighted by atomic mass is 10.2. The largest absolute Gasteiger partial charge is 0.355 e. The molecule has 1 aliphatic heterocycles. The Bertz CT molecular complexity index is 413. The molecule has 1 saturated heterocycles. The fourth-order valence-electron chi connectivity index (χ4n) is 1.96. The van der Waals surface area contributed by atoms with E-state index < -0.39 is 0 Å². The van der Waals surface area contributed by atoms with Gasteiger partial charge in [0.05, 0.1) is 6.54 Å². The summed E-state index contributed by atoms with van der Waals surface area (Å²) in [6, 6.07) is -0.152. The van der Waals surface area contributed by atoms with Crippen molar-refractivity contribution in [2.45, 2.75) is 19.5 Å². The van der Waals surface area contributed by atoms with Crippen LogP contribution in [0.1, 0.15) is 11.9 Å². The number of nitrogens with one attached hydrogen (secondary N) is 2. The van der Waals surface area contributed by atoms with Gasteiger partial charge in [-0.3, -0.25) is 9.69 Å². The fourth-order valence-corrected chi connectivity index (χ4v) is 2.85. The van der Waals surface area contributed by atoms with E-state index >= 15 is 0 Å². The SMILES string of the molecule is CCNC(=O)C1CNCCN1Cc1nnc(Cl)s1. The van der Waals surface area contributed by atoms with Gasteiger partial charge in [-0.2, -0.15) is 0 Å². The highest BCUT2D eigenvalue weighted by atomic mass is 35.5. The molecule has 0 saturated carbocycles.